The second-order valence-corrected chi connectivity index (χ2v) is 3.60. The molecule has 2 rings (SSSR count). The number of rotatable bonds is 1. The van der Waals surface area contributed by atoms with Gasteiger partial charge in [0.1, 0.15) is 0 Å². The SMILES string of the molecule is CCC1CC2(C[N-]1)COC2. The first-order valence-electron chi connectivity index (χ1n) is 4.09. The summed E-state index contributed by atoms with van der Waals surface area (Å²) in [6.45, 7) is 5.21. The van der Waals surface area contributed by atoms with Crippen molar-refractivity contribution >= 4 is 0 Å². The summed E-state index contributed by atoms with van der Waals surface area (Å²) in [6.07, 6.45) is 2.49. The van der Waals surface area contributed by atoms with Gasteiger partial charge in [-0.05, 0) is 5.41 Å². The van der Waals surface area contributed by atoms with Crippen molar-refractivity contribution < 1.29 is 4.74 Å². The lowest BCUT2D eigenvalue weighted by Crippen LogP contribution is -2.42. The van der Waals surface area contributed by atoms with Crippen LogP contribution in [-0.4, -0.2) is 25.8 Å². The Kier molecular flexibility index (Phi) is 1.46. The Bertz CT molecular complexity index is 131. The lowest BCUT2D eigenvalue weighted by Gasteiger charge is -2.40. The maximum Gasteiger partial charge on any atom is 0.0527 e. The fourth-order valence-electron chi connectivity index (χ4n) is 1.82. The maximum atomic E-state index is 5.19. The molecule has 0 amide bonds. The third-order valence-corrected chi connectivity index (χ3v) is 2.64. The molecule has 0 aromatic carbocycles. The van der Waals surface area contributed by atoms with Crippen molar-refractivity contribution in [3.05, 3.63) is 5.32 Å². The first-order valence-corrected chi connectivity index (χ1v) is 4.09. The summed E-state index contributed by atoms with van der Waals surface area (Å²) in [6, 6.07) is 0.642. The van der Waals surface area contributed by atoms with E-state index < -0.39 is 0 Å². The predicted octanol–water partition coefficient (Wildman–Crippen LogP) is 1.56. The second-order valence-electron chi connectivity index (χ2n) is 3.60. The van der Waals surface area contributed by atoms with Gasteiger partial charge in [-0.15, -0.1) is 12.6 Å². The monoisotopic (exact) mass is 140 g/mol. The zero-order valence-electron chi connectivity index (χ0n) is 6.47. The highest BCUT2D eigenvalue weighted by atomic mass is 16.5. The molecule has 0 bridgehead atoms. The molecule has 2 heteroatoms. The molecular formula is C8H14NO-. The molecule has 2 saturated heterocycles. The molecule has 10 heavy (non-hydrogen) atoms. The topological polar surface area (TPSA) is 23.3 Å². The van der Waals surface area contributed by atoms with Gasteiger partial charge in [0.05, 0.1) is 13.2 Å². The average Bonchev–Trinajstić information content (AvgIpc) is 2.29. The van der Waals surface area contributed by atoms with Crippen molar-refractivity contribution in [1.82, 2.24) is 0 Å². The van der Waals surface area contributed by atoms with Crippen molar-refractivity contribution in [2.45, 2.75) is 25.8 Å². The molecule has 2 aliphatic rings. The summed E-state index contributed by atoms with van der Waals surface area (Å²) in [4.78, 5) is 0. The van der Waals surface area contributed by atoms with Crippen molar-refractivity contribution in [2.24, 2.45) is 5.41 Å². The maximum absolute atomic E-state index is 5.19. The van der Waals surface area contributed by atoms with E-state index >= 15 is 0 Å². The largest absolute Gasteiger partial charge is 0.659 e. The van der Waals surface area contributed by atoms with Gasteiger partial charge in [0.25, 0.3) is 0 Å². The normalized spacial score (nSPS) is 36.3. The van der Waals surface area contributed by atoms with E-state index in [-0.39, 0.29) is 0 Å². The summed E-state index contributed by atoms with van der Waals surface area (Å²) in [5.74, 6) is 0. The van der Waals surface area contributed by atoms with Crippen LogP contribution in [0.25, 0.3) is 5.32 Å². The Labute approximate surface area is 61.9 Å². The molecule has 1 spiro atoms. The van der Waals surface area contributed by atoms with E-state index in [4.69, 9.17) is 4.74 Å². The molecule has 0 saturated carbocycles. The second kappa shape index (κ2) is 2.21. The molecular weight excluding hydrogens is 126 g/mol. The Balaban J connectivity index is 1.92. The molecule has 1 unspecified atom stereocenters. The van der Waals surface area contributed by atoms with Crippen molar-refractivity contribution in [3.63, 3.8) is 0 Å². The van der Waals surface area contributed by atoms with E-state index in [0.29, 0.717) is 11.5 Å². The summed E-state index contributed by atoms with van der Waals surface area (Å²) in [5.41, 5.74) is 0.501. The average molecular weight is 140 g/mol. The van der Waals surface area contributed by atoms with E-state index in [0.717, 1.165) is 19.8 Å². The van der Waals surface area contributed by atoms with E-state index in [1.807, 2.05) is 0 Å². The Morgan fingerprint density at radius 3 is 2.70 bits per heavy atom. The zero-order valence-corrected chi connectivity index (χ0v) is 6.47. The van der Waals surface area contributed by atoms with Gasteiger partial charge in [-0.2, -0.15) is 0 Å². The van der Waals surface area contributed by atoms with Crippen LogP contribution in [0.15, 0.2) is 0 Å². The van der Waals surface area contributed by atoms with Crippen LogP contribution in [0.3, 0.4) is 0 Å². The Morgan fingerprint density at radius 1 is 1.60 bits per heavy atom. The lowest BCUT2D eigenvalue weighted by molar-refractivity contribution is -0.0992. The molecule has 1 atom stereocenters. The van der Waals surface area contributed by atoms with Gasteiger partial charge in [0.2, 0.25) is 0 Å². The van der Waals surface area contributed by atoms with E-state index in [2.05, 4.69) is 12.2 Å². The molecule has 0 aromatic rings. The minimum atomic E-state index is 0.501. The van der Waals surface area contributed by atoms with Gasteiger partial charge >= 0.3 is 0 Å². The van der Waals surface area contributed by atoms with Crippen LogP contribution in [0.1, 0.15) is 19.8 Å². The highest BCUT2D eigenvalue weighted by molar-refractivity contribution is 5.11. The van der Waals surface area contributed by atoms with Gasteiger partial charge in [0, 0.05) is 0 Å². The first kappa shape index (κ1) is 6.62. The highest BCUT2D eigenvalue weighted by Crippen LogP contribution is 2.42. The van der Waals surface area contributed by atoms with Crippen LogP contribution >= 0.6 is 0 Å². The van der Waals surface area contributed by atoms with Crippen LogP contribution in [0, 0.1) is 5.41 Å². The summed E-state index contributed by atoms with van der Waals surface area (Å²) < 4.78 is 5.19. The van der Waals surface area contributed by atoms with Gasteiger partial charge < -0.3 is 10.1 Å². The van der Waals surface area contributed by atoms with E-state index in [1.54, 1.807) is 0 Å². The third-order valence-electron chi connectivity index (χ3n) is 2.64. The molecule has 0 N–H and O–H groups in total. The predicted molar refractivity (Wildman–Crippen MR) is 40.2 cm³/mol. The molecule has 58 valence electrons. The van der Waals surface area contributed by atoms with Gasteiger partial charge in [-0.3, -0.25) is 0 Å². The fourth-order valence-corrected chi connectivity index (χ4v) is 1.82. The minimum absolute atomic E-state index is 0.501. The van der Waals surface area contributed by atoms with Gasteiger partial charge in [0.15, 0.2) is 0 Å². The number of nitrogens with zero attached hydrogens (tertiary/aromatic N) is 1. The molecule has 2 fully saturated rings. The summed E-state index contributed by atoms with van der Waals surface area (Å²) in [7, 11) is 0. The Morgan fingerprint density at radius 2 is 2.40 bits per heavy atom. The lowest BCUT2D eigenvalue weighted by atomic mass is 9.83. The molecule has 0 aliphatic carbocycles. The van der Waals surface area contributed by atoms with Crippen LogP contribution in [0.5, 0.6) is 0 Å². The number of hydrogen-bond acceptors (Lipinski definition) is 1. The first-order chi connectivity index (χ1) is 4.85. The van der Waals surface area contributed by atoms with Crippen LogP contribution in [-0.2, 0) is 4.74 Å². The smallest absolute Gasteiger partial charge is 0.0527 e. The number of ether oxygens (including phenoxy) is 1. The number of hydrogen-bond donors (Lipinski definition) is 0. The standard InChI is InChI=1S/C8H14NO/c1-2-7-3-8(4-9-7)5-10-6-8/h7H,2-6H2,1H3/q-1. The summed E-state index contributed by atoms with van der Waals surface area (Å²) >= 11 is 0. The van der Waals surface area contributed by atoms with Crippen LogP contribution < -0.4 is 0 Å². The molecule has 2 nitrogen and oxygen atoms in total. The van der Waals surface area contributed by atoms with E-state index in [9.17, 15) is 0 Å². The molecule has 0 radical (unpaired) electrons. The van der Waals surface area contributed by atoms with E-state index in [1.165, 1.54) is 12.8 Å². The van der Waals surface area contributed by atoms with Crippen LogP contribution in [0.4, 0.5) is 0 Å². The van der Waals surface area contributed by atoms with Gasteiger partial charge in [-0.25, -0.2) is 0 Å². The molecule has 0 aromatic heterocycles. The minimum Gasteiger partial charge on any atom is -0.659 e. The fraction of sp³-hybridized carbons (Fsp3) is 1.00. The Hall–Kier alpha value is -0.0800. The van der Waals surface area contributed by atoms with Crippen molar-refractivity contribution in [2.75, 3.05) is 19.8 Å². The van der Waals surface area contributed by atoms with Crippen molar-refractivity contribution in [1.29, 1.82) is 0 Å². The van der Waals surface area contributed by atoms with Crippen molar-refractivity contribution in [3.8, 4) is 0 Å². The molecule has 2 aliphatic heterocycles. The zero-order chi connectivity index (χ0) is 7.03. The highest BCUT2D eigenvalue weighted by Gasteiger charge is 2.38. The van der Waals surface area contributed by atoms with Gasteiger partial charge in [-0.1, -0.05) is 19.8 Å². The quantitative estimate of drug-likeness (QED) is 0.542. The summed E-state index contributed by atoms with van der Waals surface area (Å²) in [5, 5.41) is 4.55. The molecule has 2 heterocycles. The third kappa shape index (κ3) is 0.867. The van der Waals surface area contributed by atoms with Crippen LogP contribution in [0.2, 0.25) is 0 Å².